The van der Waals surface area contributed by atoms with E-state index in [1.807, 2.05) is 0 Å². The molecule has 1 aromatic rings. The van der Waals surface area contributed by atoms with Crippen LogP contribution in [0.4, 0.5) is 4.39 Å². The van der Waals surface area contributed by atoms with E-state index in [4.69, 9.17) is 11.6 Å². The molecule has 0 spiro atoms. The summed E-state index contributed by atoms with van der Waals surface area (Å²) in [5.41, 5.74) is 0.717. The summed E-state index contributed by atoms with van der Waals surface area (Å²) in [5.74, 6) is 0.384. The van der Waals surface area contributed by atoms with Gasteiger partial charge in [0.25, 0.3) is 0 Å². The molecule has 1 atom stereocenters. The number of nitrogens with one attached hydrogen (secondary N) is 1. The van der Waals surface area contributed by atoms with E-state index < -0.39 is 0 Å². The van der Waals surface area contributed by atoms with Crippen LogP contribution >= 0.6 is 11.6 Å². The van der Waals surface area contributed by atoms with Gasteiger partial charge < -0.3 is 5.32 Å². The van der Waals surface area contributed by atoms with Gasteiger partial charge in [-0.05, 0) is 49.1 Å². The van der Waals surface area contributed by atoms with Gasteiger partial charge in [-0.15, -0.1) is 0 Å². The first-order valence-corrected chi connectivity index (χ1v) is 6.54. The van der Waals surface area contributed by atoms with Crippen molar-refractivity contribution < 1.29 is 4.39 Å². The quantitative estimate of drug-likeness (QED) is 0.811. The number of aryl methyl sites for hydroxylation is 1. The summed E-state index contributed by atoms with van der Waals surface area (Å²) in [7, 11) is 0. The smallest absolute Gasteiger partial charge is 0.126 e. The lowest BCUT2D eigenvalue weighted by Gasteiger charge is -2.15. The highest BCUT2D eigenvalue weighted by Gasteiger charge is 2.07. The number of hydrogen-bond donors (Lipinski definition) is 1. The highest BCUT2D eigenvalue weighted by Crippen LogP contribution is 2.18. The van der Waals surface area contributed by atoms with E-state index in [2.05, 4.69) is 26.1 Å². The highest BCUT2D eigenvalue weighted by atomic mass is 35.5. The lowest BCUT2D eigenvalue weighted by atomic mass is 10.0. The van der Waals surface area contributed by atoms with Gasteiger partial charge in [-0.2, -0.15) is 0 Å². The summed E-state index contributed by atoms with van der Waals surface area (Å²) < 4.78 is 13.5. The van der Waals surface area contributed by atoms with Crippen LogP contribution in [-0.4, -0.2) is 12.6 Å². The Morgan fingerprint density at radius 1 is 1.29 bits per heavy atom. The molecule has 1 unspecified atom stereocenters. The second kappa shape index (κ2) is 6.97. The van der Waals surface area contributed by atoms with E-state index in [0.717, 1.165) is 19.4 Å². The fraction of sp³-hybridized carbons (Fsp3) is 0.571. The molecule has 1 aromatic carbocycles. The molecule has 96 valence electrons. The molecule has 17 heavy (non-hydrogen) atoms. The second-order valence-corrected chi connectivity index (χ2v) is 5.38. The van der Waals surface area contributed by atoms with Crippen LogP contribution in [0.1, 0.15) is 32.8 Å². The third-order valence-corrected chi connectivity index (χ3v) is 3.02. The molecule has 0 aliphatic heterocycles. The van der Waals surface area contributed by atoms with Gasteiger partial charge in [0, 0.05) is 11.1 Å². The minimum atomic E-state index is -0.154. The zero-order valence-corrected chi connectivity index (χ0v) is 11.5. The Labute approximate surface area is 108 Å². The van der Waals surface area contributed by atoms with E-state index in [1.165, 1.54) is 6.07 Å². The Kier molecular flexibility index (Phi) is 5.93. The van der Waals surface area contributed by atoms with Crippen molar-refractivity contribution in [3.8, 4) is 0 Å². The Hall–Kier alpha value is -0.600. The fourth-order valence-electron chi connectivity index (χ4n) is 1.68. The predicted octanol–water partition coefficient (Wildman–Crippen LogP) is 4.05. The van der Waals surface area contributed by atoms with Gasteiger partial charge in [-0.25, -0.2) is 4.39 Å². The molecule has 0 fully saturated rings. The lowest BCUT2D eigenvalue weighted by molar-refractivity contribution is 0.450. The second-order valence-electron chi connectivity index (χ2n) is 4.94. The average molecular weight is 258 g/mol. The highest BCUT2D eigenvalue weighted by molar-refractivity contribution is 6.30. The van der Waals surface area contributed by atoms with Crippen molar-refractivity contribution in [3.05, 3.63) is 34.6 Å². The van der Waals surface area contributed by atoms with Gasteiger partial charge in [0.2, 0.25) is 0 Å². The monoisotopic (exact) mass is 257 g/mol. The summed E-state index contributed by atoms with van der Waals surface area (Å²) >= 11 is 5.86. The van der Waals surface area contributed by atoms with Gasteiger partial charge in [0.1, 0.15) is 5.82 Å². The van der Waals surface area contributed by atoms with Crippen LogP contribution in [0, 0.1) is 11.7 Å². The minimum absolute atomic E-state index is 0.154. The van der Waals surface area contributed by atoms with E-state index in [-0.39, 0.29) is 5.82 Å². The van der Waals surface area contributed by atoms with E-state index >= 15 is 0 Å². The third-order valence-electron chi connectivity index (χ3n) is 2.79. The van der Waals surface area contributed by atoms with Gasteiger partial charge >= 0.3 is 0 Å². The Morgan fingerprint density at radius 3 is 2.65 bits per heavy atom. The number of halogens is 2. The van der Waals surface area contributed by atoms with Crippen LogP contribution in [0.5, 0.6) is 0 Å². The summed E-state index contributed by atoms with van der Waals surface area (Å²) in [6, 6.07) is 5.25. The van der Waals surface area contributed by atoms with Crippen LogP contribution in [-0.2, 0) is 6.42 Å². The number of benzene rings is 1. The van der Waals surface area contributed by atoms with Crippen LogP contribution < -0.4 is 5.32 Å². The number of hydrogen-bond acceptors (Lipinski definition) is 1. The van der Waals surface area contributed by atoms with Crippen LogP contribution in [0.2, 0.25) is 5.02 Å². The molecule has 0 bridgehead atoms. The maximum Gasteiger partial charge on any atom is 0.126 e. The first-order valence-electron chi connectivity index (χ1n) is 6.16. The summed E-state index contributed by atoms with van der Waals surface area (Å²) in [5, 5.41) is 3.99. The van der Waals surface area contributed by atoms with Crippen molar-refractivity contribution >= 4 is 11.6 Å². The third kappa shape index (κ3) is 5.51. The molecule has 0 aromatic heterocycles. The molecular weight excluding hydrogens is 237 g/mol. The van der Waals surface area contributed by atoms with Crippen molar-refractivity contribution in [3.63, 3.8) is 0 Å². The van der Waals surface area contributed by atoms with Gasteiger partial charge in [0.15, 0.2) is 0 Å². The van der Waals surface area contributed by atoms with E-state index in [1.54, 1.807) is 12.1 Å². The molecule has 1 nitrogen and oxygen atoms in total. The van der Waals surface area contributed by atoms with Crippen molar-refractivity contribution in [2.75, 3.05) is 6.54 Å². The SMILES string of the molecule is CC(CCc1cc(Cl)ccc1F)CNC(C)C. The van der Waals surface area contributed by atoms with Crippen molar-refractivity contribution in [2.24, 2.45) is 5.92 Å². The van der Waals surface area contributed by atoms with Gasteiger partial charge in [-0.3, -0.25) is 0 Å². The first kappa shape index (κ1) is 14.5. The minimum Gasteiger partial charge on any atom is -0.314 e. The van der Waals surface area contributed by atoms with Crippen LogP contribution in [0.3, 0.4) is 0 Å². The molecule has 1 rings (SSSR count). The molecule has 3 heteroatoms. The first-order chi connectivity index (χ1) is 7.99. The molecule has 0 saturated carbocycles. The molecule has 0 amide bonds. The van der Waals surface area contributed by atoms with Crippen molar-refractivity contribution in [1.29, 1.82) is 0 Å². The Bertz CT molecular complexity index is 352. The van der Waals surface area contributed by atoms with E-state index in [0.29, 0.717) is 22.5 Å². The molecular formula is C14H21ClFN. The molecule has 0 aliphatic rings. The Morgan fingerprint density at radius 2 is 2.00 bits per heavy atom. The zero-order chi connectivity index (χ0) is 12.8. The summed E-state index contributed by atoms with van der Waals surface area (Å²) in [4.78, 5) is 0. The normalized spacial score (nSPS) is 13.1. The molecule has 0 heterocycles. The largest absolute Gasteiger partial charge is 0.314 e. The molecule has 0 aliphatic carbocycles. The topological polar surface area (TPSA) is 12.0 Å². The van der Waals surface area contributed by atoms with Crippen LogP contribution in [0.15, 0.2) is 18.2 Å². The molecule has 0 radical (unpaired) electrons. The van der Waals surface area contributed by atoms with Gasteiger partial charge in [-0.1, -0.05) is 32.4 Å². The average Bonchev–Trinajstić information content (AvgIpc) is 2.27. The summed E-state index contributed by atoms with van der Waals surface area (Å²) in [6.07, 6.45) is 1.71. The van der Waals surface area contributed by atoms with E-state index in [9.17, 15) is 4.39 Å². The van der Waals surface area contributed by atoms with Crippen molar-refractivity contribution in [2.45, 2.75) is 39.7 Å². The standard InChI is InChI=1S/C14H21ClFN/c1-10(2)17-9-11(3)4-5-12-8-13(15)6-7-14(12)16/h6-8,10-11,17H,4-5,9H2,1-3H3. The maximum atomic E-state index is 13.5. The van der Waals surface area contributed by atoms with Gasteiger partial charge in [0.05, 0.1) is 0 Å². The lowest BCUT2D eigenvalue weighted by Crippen LogP contribution is -2.28. The van der Waals surface area contributed by atoms with Crippen molar-refractivity contribution in [1.82, 2.24) is 5.32 Å². The summed E-state index contributed by atoms with van der Waals surface area (Å²) in [6.45, 7) is 7.41. The molecule has 0 saturated heterocycles. The fourth-order valence-corrected chi connectivity index (χ4v) is 1.87. The zero-order valence-electron chi connectivity index (χ0n) is 10.8. The van der Waals surface area contributed by atoms with Crippen LogP contribution in [0.25, 0.3) is 0 Å². The Balaban J connectivity index is 2.41. The number of rotatable bonds is 6. The predicted molar refractivity (Wildman–Crippen MR) is 72.0 cm³/mol. The maximum absolute atomic E-state index is 13.5. The molecule has 1 N–H and O–H groups in total.